The molecule has 0 saturated carbocycles. The van der Waals surface area contributed by atoms with Gasteiger partial charge in [-0.3, -0.25) is 5.41 Å². The molecule has 0 aliphatic rings. The van der Waals surface area contributed by atoms with Crippen LogP contribution in [0.1, 0.15) is 5.56 Å². The fraction of sp³-hybridized carbons (Fsp3) is 0.167. The lowest BCUT2D eigenvalue weighted by Crippen LogP contribution is -2.16. The molecule has 0 heterocycles. The van der Waals surface area contributed by atoms with Gasteiger partial charge in [-0.2, -0.15) is 13.2 Å². The molecule has 0 unspecified atom stereocenters. The minimum absolute atomic E-state index is 0.366. The van der Waals surface area contributed by atoms with Crippen molar-refractivity contribution in [2.24, 2.45) is 5.73 Å². The number of halogens is 5. The molecule has 0 bridgehead atoms. The fourth-order valence-electron chi connectivity index (χ4n) is 1.28. The largest absolute Gasteiger partial charge is 0.464 e. The van der Waals surface area contributed by atoms with Crippen LogP contribution in [0.4, 0.5) is 13.2 Å². The molecule has 0 atom stereocenters. The molecule has 22 heavy (non-hydrogen) atoms. The van der Waals surface area contributed by atoms with Crippen molar-refractivity contribution in [3.63, 3.8) is 0 Å². The summed E-state index contributed by atoms with van der Waals surface area (Å²) in [4.78, 5) is 11.0. The number of alkyl halides is 3. The fourth-order valence-corrected chi connectivity index (χ4v) is 1.84. The first-order chi connectivity index (χ1) is 10.1. The van der Waals surface area contributed by atoms with Gasteiger partial charge in [0.15, 0.2) is 5.75 Å². The van der Waals surface area contributed by atoms with Crippen LogP contribution < -0.4 is 10.5 Å². The van der Waals surface area contributed by atoms with Crippen LogP contribution in [-0.2, 0) is 15.7 Å². The van der Waals surface area contributed by atoms with E-state index in [0.29, 0.717) is 12.1 Å². The summed E-state index contributed by atoms with van der Waals surface area (Å²) in [7, 11) is 1.08. The van der Waals surface area contributed by atoms with Crippen LogP contribution in [0.15, 0.2) is 23.9 Å². The average Bonchev–Trinajstić information content (AvgIpc) is 2.40. The summed E-state index contributed by atoms with van der Waals surface area (Å²) in [5, 5.41) is 6.57. The van der Waals surface area contributed by atoms with Crippen molar-refractivity contribution < 1.29 is 27.4 Å². The number of benzene rings is 1. The SMILES string of the molecule is COC(=O)/C(N)=C/C(=N)Oc1c(Cl)cc(C(F)(F)F)cc1Cl. The minimum Gasteiger partial charge on any atom is -0.464 e. The standard InChI is InChI=1S/C12H9Cl2F3N2O3/c1-21-11(20)8(18)4-9(19)22-10-6(13)2-5(3-7(10)14)12(15,16)17/h2-4,19H,18H2,1H3/b8-4-,19-9?. The number of esters is 1. The molecule has 10 heteroatoms. The number of rotatable bonds is 3. The topological polar surface area (TPSA) is 85.4 Å². The molecule has 0 spiro atoms. The molecule has 0 aromatic heterocycles. The monoisotopic (exact) mass is 356 g/mol. The van der Waals surface area contributed by atoms with Gasteiger partial charge in [-0.05, 0) is 12.1 Å². The van der Waals surface area contributed by atoms with Crippen molar-refractivity contribution in [1.82, 2.24) is 0 Å². The highest BCUT2D eigenvalue weighted by molar-refractivity contribution is 6.37. The van der Waals surface area contributed by atoms with E-state index >= 15 is 0 Å². The van der Waals surface area contributed by atoms with Crippen molar-refractivity contribution in [3.05, 3.63) is 39.5 Å². The van der Waals surface area contributed by atoms with Gasteiger partial charge in [0, 0.05) is 6.08 Å². The Balaban J connectivity index is 3.05. The predicted molar refractivity (Wildman–Crippen MR) is 74.1 cm³/mol. The Bertz CT molecular complexity index is 622. The van der Waals surface area contributed by atoms with E-state index in [1.54, 1.807) is 0 Å². The van der Waals surface area contributed by atoms with E-state index in [0.717, 1.165) is 13.2 Å². The van der Waals surface area contributed by atoms with E-state index in [1.807, 2.05) is 0 Å². The van der Waals surface area contributed by atoms with Crippen molar-refractivity contribution in [1.29, 1.82) is 5.41 Å². The van der Waals surface area contributed by atoms with Crippen LogP contribution in [0.3, 0.4) is 0 Å². The first kappa shape index (κ1) is 18.1. The zero-order chi connectivity index (χ0) is 17.1. The maximum Gasteiger partial charge on any atom is 0.416 e. The summed E-state index contributed by atoms with van der Waals surface area (Å²) in [6, 6.07) is 1.20. The van der Waals surface area contributed by atoms with Crippen LogP contribution in [-0.4, -0.2) is 19.0 Å². The van der Waals surface area contributed by atoms with Gasteiger partial charge in [-0.25, -0.2) is 4.79 Å². The third-order valence-electron chi connectivity index (χ3n) is 2.25. The Hall–Kier alpha value is -1.93. The number of carbonyl (C=O) groups excluding carboxylic acids is 1. The molecular formula is C12H9Cl2F3N2O3. The third kappa shape index (κ3) is 4.54. The van der Waals surface area contributed by atoms with Crippen LogP contribution in [0.25, 0.3) is 0 Å². The Morgan fingerprint density at radius 3 is 2.23 bits per heavy atom. The zero-order valence-electron chi connectivity index (χ0n) is 10.9. The van der Waals surface area contributed by atoms with E-state index in [1.165, 1.54) is 0 Å². The smallest absolute Gasteiger partial charge is 0.416 e. The van der Waals surface area contributed by atoms with Gasteiger partial charge >= 0.3 is 12.1 Å². The molecule has 1 aromatic carbocycles. The molecule has 1 aromatic rings. The quantitative estimate of drug-likeness (QED) is 0.376. The summed E-state index contributed by atoms with van der Waals surface area (Å²) in [5.41, 5.74) is 3.79. The lowest BCUT2D eigenvalue weighted by molar-refractivity contribution is -0.138. The molecule has 5 nitrogen and oxygen atoms in total. The number of ether oxygens (including phenoxy) is 2. The van der Waals surface area contributed by atoms with Gasteiger partial charge in [0.05, 0.1) is 22.7 Å². The van der Waals surface area contributed by atoms with Gasteiger partial charge in [-0.15, -0.1) is 0 Å². The Morgan fingerprint density at radius 1 is 1.32 bits per heavy atom. The number of hydrogen-bond donors (Lipinski definition) is 2. The molecule has 0 radical (unpaired) electrons. The lowest BCUT2D eigenvalue weighted by Gasteiger charge is -2.12. The summed E-state index contributed by atoms with van der Waals surface area (Å²) < 4.78 is 46.9. The molecule has 1 rings (SSSR count). The molecule has 0 saturated heterocycles. The number of hydrogen-bond acceptors (Lipinski definition) is 5. The third-order valence-corrected chi connectivity index (χ3v) is 2.81. The van der Waals surface area contributed by atoms with Gasteiger partial charge in [0.2, 0.25) is 5.90 Å². The maximum atomic E-state index is 12.6. The van der Waals surface area contributed by atoms with Gasteiger partial charge in [-0.1, -0.05) is 23.2 Å². The molecule has 0 aliphatic heterocycles. The van der Waals surface area contributed by atoms with Gasteiger partial charge in [0.25, 0.3) is 0 Å². The number of nitrogens with one attached hydrogen (secondary N) is 1. The predicted octanol–water partition coefficient (Wildman–Crippen LogP) is 3.38. The first-order valence-corrected chi connectivity index (χ1v) is 6.20. The molecular weight excluding hydrogens is 348 g/mol. The lowest BCUT2D eigenvalue weighted by atomic mass is 10.2. The highest BCUT2D eigenvalue weighted by Gasteiger charge is 2.32. The Kier molecular flexibility index (Phi) is 5.67. The molecule has 0 aliphatic carbocycles. The number of carbonyl (C=O) groups is 1. The van der Waals surface area contributed by atoms with E-state index in [4.69, 9.17) is 39.1 Å². The van der Waals surface area contributed by atoms with Gasteiger partial charge < -0.3 is 15.2 Å². The van der Waals surface area contributed by atoms with Crippen LogP contribution in [0, 0.1) is 5.41 Å². The second-order valence-corrected chi connectivity index (χ2v) is 4.64. The Labute approximate surface area is 132 Å². The molecule has 0 fully saturated rings. The van der Waals surface area contributed by atoms with E-state index in [-0.39, 0.29) is 5.75 Å². The van der Waals surface area contributed by atoms with E-state index in [9.17, 15) is 18.0 Å². The highest BCUT2D eigenvalue weighted by Crippen LogP contribution is 2.39. The zero-order valence-corrected chi connectivity index (χ0v) is 12.4. The summed E-state index contributed by atoms with van der Waals surface area (Å²) in [6.45, 7) is 0. The summed E-state index contributed by atoms with van der Waals surface area (Å²) >= 11 is 11.3. The van der Waals surface area contributed by atoms with Crippen molar-refractivity contribution in [2.45, 2.75) is 6.18 Å². The highest BCUT2D eigenvalue weighted by atomic mass is 35.5. The number of methoxy groups -OCH3 is 1. The Morgan fingerprint density at radius 2 is 1.82 bits per heavy atom. The van der Waals surface area contributed by atoms with Gasteiger partial charge in [0.1, 0.15) is 5.70 Å². The van der Waals surface area contributed by atoms with E-state index < -0.39 is 39.3 Å². The van der Waals surface area contributed by atoms with E-state index in [2.05, 4.69) is 4.74 Å². The second kappa shape index (κ2) is 6.89. The van der Waals surface area contributed by atoms with Crippen molar-refractivity contribution in [3.8, 4) is 5.75 Å². The second-order valence-electron chi connectivity index (χ2n) is 3.82. The van der Waals surface area contributed by atoms with Crippen molar-refractivity contribution >= 4 is 35.1 Å². The summed E-state index contributed by atoms with van der Waals surface area (Å²) in [5.74, 6) is -1.93. The molecule has 120 valence electrons. The van der Waals surface area contributed by atoms with Crippen LogP contribution in [0.2, 0.25) is 10.0 Å². The average molecular weight is 357 g/mol. The minimum atomic E-state index is -4.63. The normalized spacial score (nSPS) is 12.0. The van der Waals surface area contributed by atoms with Crippen LogP contribution >= 0.6 is 23.2 Å². The summed E-state index contributed by atoms with van der Waals surface area (Å²) in [6.07, 6.45) is -3.83. The molecule has 3 N–H and O–H groups in total. The number of nitrogens with two attached hydrogens (primary N) is 1. The molecule has 0 amide bonds. The first-order valence-electron chi connectivity index (χ1n) is 5.44. The van der Waals surface area contributed by atoms with Crippen molar-refractivity contribution in [2.75, 3.05) is 7.11 Å². The van der Waals surface area contributed by atoms with Crippen LogP contribution in [0.5, 0.6) is 5.75 Å². The maximum absolute atomic E-state index is 12.6.